The summed E-state index contributed by atoms with van der Waals surface area (Å²) in [6, 6.07) is 19.5. The van der Waals surface area contributed by atoms with Crippen LogP contribution >= 0.6 is 11.6 Å². The van der Waals surface area contributed by atoms with E-state index in [1.165, 1.54) is 31.4 Å². The number of ether oxygens (including phenoxy) is 1. The maximum Gasteiger partial charge on any atom is 0.416 e. The molecule has 0 radical (unpaired) electrons. The third-order valence-electron chi connectivity index (χ3n) is 11.5. The molecular weight excluding hydrogens is 766 g/mol. The van der Waals surface area contributed by atoms with Crippen LogP contribution in [0.5, 0.6) is 11.5 Å². The van der Waals surface area contributed by atoms with Gasteiger partial charge in [0.25, 0.3) is 0 Å². The Kier molecular flexibility index (Phi) is 8.64. The summed E-state index contributed by atoms with van der Waals surface area (Å²) in [5.74, 6) is -9.39. The molecule has 4 aliphatic rings. The highest BCUT2D eigenvalue weighted by molar-refractivity contribution is 6.32. The number of hydrogen-bond acceptors (Lipinski definition) is 6. The molecule has 8 nitrogen and oxygen atoms in total. The minimum atomic E-state index is -5.24. The van der Waals surface area contributed by atoms with Crippen LogP contribution in [-0.2, 0) is 36.9 Å². The zero-order valence-corrected chi connectivity index (χ0v) is 29.8. The molecule has 2 aliphatic carbocycles. The number of rotatable bonds is 5. The van der Waals surface area contributed by atoms with E-state index in [4.69, 9.17) is 16.3 Å². The molecule has 2 saturated heterocycles. The molecule has 1 N–H and O–H groups in total. The standard InChI is InChI=1S/C41H29ClF6N2O6/c1-56-26-10-11-28(32(51)18-26)34-27-12-13-29-33(37(54)49(35(29)52)25-15-21(40(43,44)45)14-22(16-25)41(46,47)48)30(27)19-31-36(53)50(24-9-5-8-23(42)17-24)38(55)39(31,34)20-6-3-2-4-7-20/h2-12,14-18,29-31,33-34,51H,13,19H2,1H3/t29-,30+,31-,33-,34+,39+/m0/s1. The van der Waals surface area contributed by atoms with Crippen molar-refractivity contribution in [2.75, 3.05) is 16.9 Å². The van der Waals surface area contributed by atoms with E-state index in [9.17, 15) is 45.8 Å². The minimum Gasteiger partial charge on any atom is -0.508 e. The lowest BCUT2D eigenvalue weighted by Gasteiger charge is -2.50. The summed E-state index contributed by atoms with van der Waals surface area (Å²) in [6.07, 6.45) is -9.23. The smallest absolute Gasteiger partial charge is 0.416 e. The van der Waals surface area contributed by atoms with Crippen molar-refractivity contribution in [3.63, 3.8) is 0 Å². The summed E-state index contributed by atoms with van der Waals surface area (Å²) in [7, 11) is 1.38. The van der Waals surface area contributed by atoms with Crippen LogP contribution in [0, 0.1) is 23.7 Å². The van der Waals surface area contributed by atoms with E-state index < -0.39 is 87.8 Å². The first-order valence-corrected chi connectivity index (χ1v) is 17.8. The van der Waals surface area contributed by atoms with Gasteiger partial charge in [0.15, 0.2) is 0 Å². The largest absolute Gasteiger partial charge is 0.508 e. The number of nitrogens with zero attached hydrogens (tertiary/aromatic N) is 2. The third-order valence-corrected chi connectivity index (χ3v) is 11.8. The molecule has 288 valence electrons. The number of halogens is 7. The topological polar surface area (TPSA) is 104 Å². The van der Waals surface area contributed by atoms with Crippen molar-refractivity contribution in [1.82, 2.24) is 0 Å². The normalized spacial score (nSPS) is 26.2. The molecule has 56 heavy (non-hydrogen) atoms. The van der Waals surface area contributed by atoms with Gasteiger partial charge < -0.3 is 9.84 Å². The molecule has 0 spiro atoms. The first kappa shape index (κ1) is 37.3. The monoisotopic (exact) mass is 794 g/mol. The van der Waals surface area contributed by atoms with E-state index in [2.05, 4.69) is 0 Å². The number of fused-ring (bicyclic) bond motifs is 4. The van der Waals surface area contributed by atoms with Gasteiger partial charge >= 0.3 is 12.4 Å². The second-order valence-corrected chi connectivity index (χ2v) is 14.7. The Hall–Kier alpha value is -5.63. The van der Waals surface area contributed by atoms with Crippen LogP contribution in [0.4, 0.5) is 37.7 Å². The average molecular weight is 795 g/mol. The summed E-state index contributed by atoms with van der Waals surface area (Å²) >= 11 is 6.32. The molecule has 0 unspecified atom stereocenters. The van der Waals surface area contributed by atoms with Crippen molar-refractivity contribution in [2.45, 2.75) is 36.5 Å². The first-order valence-electron chi connectivity index (χ1n) is 17.4. The predicted octanol–water partition coefficient (Wildman–Crippen LogP) is 8.46. The Labute approximate surface area is 319 Å². The van der Waals surface area contributed by atoms with E-state index in [0.717, 1.165) is 4.90 Å². The van der Waals surface area contributed by atoms with Crippen molar-refractivity contribution in [1.29, 1.82) is 0 Å². The molecule has 4 amide bonds. The Morgan fingerprint density at radius 3 is 2.04 bits per heavy atom. The summed E-state index contributed by atoms with van der Waals surface area (Å²) < 4.78 is 88.7. The van der Waals surface area contributed by atoms with Gasteiger partial charge in [-0.3, -0.25) is 19.2 Å². The van der Waals surface area contributed by atoms with Gasteiger partial charge in [-0.05, 0) is 66.8 Å². The van der Waals surface area contributed by atoms with E-state index in [-0.39, 0.29) is 46.7 Å². The number of imide groups is 2. The first-order chi connectivity index (χ1) is 26.5. The number of methoxy groups -OCH3 is 1. The van der Waals surface area contributed by atoms with Gasteiger partial charge in [0.05, 0.1) is 52.8 Å². The molecule has 4 aromatic carbocycles. The second-order valence-electron chi connectivity index (χ2n) is 14.3. The van der Waals surface area contributed by atoms with Crippen LogP contribution < -0.4 is 14.5 Å². The molecule has 1 saturated carbocycles. The number of amides is 4. The maximum absolute atomic E-state index is 15.3. The summed E-state index contributed by atoms with van der Waals surface area (Å²) in [6.45, 7) is 0. The maximum atomic E-state index is 15.3. The Morgan fingerprint density at radius 2 is 1.43 bits per heavy atom. The molecule has 8 rings (SSSR count). The number of alkyl halides is 6. The van der Waals surface area contributed by atoms with Crippen molar-refractivity contribution >= 4 is 46.6 Å². The minimum absolute atomic E-state index is 0.0914. The number of anilines is 2. The van der Waals surface area contributed by atoms with Gasteiger partial charge in [0, 0.05) is 22.6 Å². The van der Waals surface area contributed by atoms with Crippen LogP contribution in [0.1, 0.15) is 41.0 Å². The fraction of sp³-hybridized carbons (Fsp3) is 0.268. The van der Waals surface area contributed by atoms with Crippen molar-refractivity contribution < 1.29 is 55.4 Å². The number of aromatic hydroxyl groups is 1. The van der Waals surface area contributed by atoms with Crippen molar-refractivity contribution in [3.05, 3.63) is 130 Å². The molecule has 6 atom stereocenters. The van der Waals surface area contributed by atoms with Gasteiger partial charge in [-0.2, -0.15) is 26.3 Å². The number of phenols is 1. The fourth-order valence-corrected chi connectivity index (χ4v) is 9.49. The van der Waals surface area contributed by atoms with Gasteiger partial charge in [-0.1, -0.05) is 65.7 Å². The highest BCUT2D eigenvalue weighted by Gasteiger charge is 2.70. The second kappa shape index (κ2) is 13.0. The van der Waals surface area contributed by atoms with E-state index >= 15 is 4.79 Å². The van der Waals surface area contributed by atoms with Crippen LogP contribution in [-0.4, -0.2) is 35.8 Å². The predicted molar refractivity (Wildman–Crippen MR) is 190 cm³/mol. The fourth-order valence-electron chi connectivity index (χ4n) is 9.30. The molecule has 2 heterocycles. The summed E-state index contributed by atoms with van der Waals surface area (Å²) in [4.78, 5) is 60.1. The van der Waals surface area contributed by atoms with Crippen LogP contribution in [0.2, 0.25) is 5.02 Å². The van der Waals surface area contributed by atoms with Gasteiger partial charge in [-0.15, -0.1) is 0 Å². The van der Waals surface area contributed by atoms with E-state index in [1.54, 1.807) is 54.6 Å². The highest BCUT2D eigenvalue weighted by Crippen LogP contribution is 2.65. The summed E-state index contributed by atoms with van der Waals surface area (Å²) in [5, 5.41) is 11.9. The molecular formula is C41H29ClF6N2O6. The molecule has 15 heteroatoms. The van der Waals surface area contributed by atoms with Crippen LogP contribution in [0.25, 0.3) is 0 Å². The lowest BCUT2D eigenvalue weighted by molar-refractivity contribution is -0.143. The van der Waals surface area contributed by atoms with Gasteiger partial charge in [-0.25, -0.2) is 9.80 Å². The van der Waals surface area contributed by atoms with Gasteiger partial charge in [0.1, 0.15) is 11.5 Å². The number of carbonyl (C=O) groups is 4. The van der Waals surface area contributed by atoms with Crippen LogP contribution in [0.15, 0.2) is 103 Å². The number of phenolic OH excluding ortho intramolecular Hbond substituents is 1. The van der Waals surface area contributed by atoms with Gasteiger partial charge in [0.2, 0.25) is 23.6 Å². The molecule has 2 aliphatic heterocycles. The van der Waals surface area contributed by atoms with Crippen LogP contribution in [0.3, 0.4) is 0 Å². The Balaban J connectivity index is 1.33. The lowest BCUT2D eigenvalue weighted by atomic mass is 9.49. The highest BCUT2D eigenvalue weighted by atomic mass is 35.5. The number of hydrogen-bond donors (Lipinski definition) is 1. The Morgan fingerprint density at radius 1 is 0.750 bits per heavy atom. The summed E-state index contributed by atoms with van der Waals surface area (Å²) in [5.41, 5.74) is -4.89. The zero-order chi connectivity index (χ0) is 40.1. The quantitative estimate of drug-likeness (QED) is 0.124. The number of allylic oxidation sites excluding steroid dienone is 2. The average Bonchev–Trinajstić information content (AvgIpc) is 3.55. The van der Waals surface area contributed by atoms with E-state index in [0.29, 0.717) is 28.2 Å². The molecule has 4 aromatic rings. The van der Waals surface area contributed by atoms with E-state index in [1.807, 2.05) is 0 Å². The van der Waals surface area contributed by atoms with Crippen molar-refractivity contribution in [2.24, 2.45) is 23.7 Å². The van der Waals surface area contributed by atoms with Crippen molar-refractivity contribution in [3.8, 4) is 11.5 Å². The Bertz CT molecular complexity index is 2330. The molecule has 3 fully saturated rings. The third kappa shape index (κ3) is 5.51. The lowest BCUT2D eigenvalue weighted by Crippen LogP contribution is -2.53. The zero-order valence-electron chi connectivity index (χ0n) is 29.1. The molecule has 0 aromatic heterocycles. The SMILES string of the molecule is COc1ccc([C@H]2C3=CC[C@@H]4C(=O)N(c5cc(C(F)(F)F)cc(C(F)(F)F)c5)C(=O)[C@@H]4[C@@H]3C[C@H]3C(=O)N(c4cccc(Cl)c4)C(=O)[C@@]23c2ccccc2)c(O)c1. The number of benzene rings is 4. The molecule has 0 bridgehead atoms. The number of carbonyl (C=O) groups excluding carboxylic acids is 4.